The van der Waals surface area contributed by atoms with Gasteiger partial charge in [-0.15, -0.1) is 0 Å². The monoisotopic (exact) mass is 359 g/mol. The minimum absolute atomic E-state index is 0.0723. The van der Waals surface area contributed by atoms with Gasteiger partial charge in [0.1, 0.15) is 0 Å². The summed E-state index contributed by atoms with van der Waals surface area (Å²) in [5.74, 6) is -0.694. The van der Waals surface area contributed by atoms with Crippen molar-refractivity contribution in [3.05, 3.63) is 34.4 Å². The lowest BCUT2D eigenvalue weighted by Gasteiger charge is -2.27. The zero-order chi connectivity index (χ0) is 18.8. The first-order chi connectivity index (χ1) is 12.3. The summed E-state index contributed by atoms with van der Waals surface area (Å²) in [6, 6.07) is 1.91. The Morgan fingerprint density at radius 1 is 1.15 bits per heavy atom. The summed E-state index contributed by atoms with van der Waals surface area (Å²) in [5, 5.41) is 17.6. The second-order valence-electron chi connectivity index (χ2n) is 6.83. The molecule has 0 atom stereocenters. The van der Waals surface area contributed by atoms with Crippen LogP contribution in [0.5, 0.6) is 0 Å². The topological polar surface area (TPSA) is 93.3 Å². The fourth-order valence-electron chi connectivity index (χ4n) is 3.47. The van der Waals surface area contributed by atoms with Crippen LogP contribution >= 0.6 is 0 Å². The average Bonchev–Trinajstić information content (AvgIpc) is 3.11. The van der Waals surface area contributed by atoms with Gasteiger partial charge in [0.25, 0.3) is 0 Å². The van der Waals surface area contributed by atoms with Gasteiger partial charge in [0.05, 0.1) is 36.6 Å². The quantitative estimate of drug-likeness (QED) is 0.837. The van der Waals surface area contributed by atoms with Crippen LogP contribution in [0.1, 0.15) is 41.2 Å². The number of rotatable bonds is 6. The Kier molecular flexibility index (Phi) is 5.11. The lowest BCUT2D eigenvalue weighted by molar-refractivity contribution is -0.137. The van der Waals surface area contributed by atoms with Gasteiger partial charge in [0.15, 0.2) is 0 Å². The van der Waals surface area contributed by atoms with Gasteiger partial charge in [-0.25, -0.2) is 0 Å². The molecule has 3 heterocycles. The van der Waals surface area contributed by atoms with Crippen LogP contribution in [-0.2, 0) is 42.6 Å². The van der Waals surface area contributed by atoms with Crippen LogP contribution in [0.25, 0.3) is 0 Å². The van der Waals surface area contributed by atoms with E-state index in [2.05, 4.69) is 10.2 Å². The molecule has 0 radical (unpaired) electrons. The van der Waals surface area contributed by atoms with Crippen molar-refractivity contribution in [2.24, 2.45) is 7.05 Å². The van der Waals surface area contributed by atoms with E-state index in [1.807, 2.05) is 41.2 Å². The molecule has 8 heteroatoms. The molecular weight excluding hydrogens is 334 g/mol. The Morgan fingerprint density at radius 3 is 2.58 bits per heavy atom. The number of amides is 1. The second kappa shape index (κ2) is 7.31. The molecule has 140 valence electrons. The molecule has 0 saturated carbocycles. The van der Waals surface area contributed by atoms with Gasteiger partial charge in [0.2, 0.25) is 5.91 Å². The Hall–Kier alpha value is -2.64. The Bertz CT molecular complexity index is 836. The molecule has 26 heavy (non-hydrogen) atoms. The third-order valence-electron chi connectivity index (χ3n) is 5.04. The van der Waals surface area contributed by atoms with Gasteiger partial charge in [-0.2, -0.15) is 10.2 Å². The molecule has 2 aromatic rings. The molecule has 0 spiro atoms. The summed E-state index contributed by atoms with van der Waals surface area (Å²) in [6.07, 6.45) is 1.66. The van der Waals surface area contributed by atoms with E-state index in [9.17, 15) is 9.59 Å². The highest BCUT2D eigenvalue weighted by molar-refractivity contribution is 5.76. The van der Waals surface area contributed by atoms with Crippen molar-refractivity contribution in [1.82, 2.24) is 24.5 Å². The van der Waals surface area contributed by atoms with E-state index >= 15 is 0 Å². The molecule has 8 nitrogen and oxygen atoms in total. The fraction of sp³-hybridized carbons (Fsp3) is 0.556. The molecule has 3 rings (SSSR count). The van der Waals surface area contributed by atoms with Crippen LogP contribution < -0.4 is 0 Å². The average molecular weight is 359 g/mol. The standard InChI is InChI=1S/C18H25N5O3/c1-12-16(13(2)21(3)19-12)5-6-17(24)22-8-9-23-15(11-22)10-14(20-23)4-7-18(25)26/h10H,4-9,11H2,1-3H3,(H,25,26). The zero-order valence-electron chi connectivity index (χ0n) is 15.5. The van der Waals surface area contributed by atoms with E-state index in [1.165, 1.54) is 0 Å². The lowest BCUT2D eigenvalue weighted by atomic mass is 10.1. The normalized spacial score (nSPS) is 13.7. The number of carboxylic acids is 1. The van der Waals surface area contributed by atoms with Crippen LogP contribution in [0.15, 0.2) is 6.07 Å². The summed E-state index contributed by atoms with van der Waals surface area (Å²) < 4.78 is 3.74. The Labute approximate surface area is 152 Å². The second-order valence-corrected chi connectivity index (χ2v) is 6.83. The maximum Gasteiger partial charge on any atom is 0.303 e. The minimum atomic E-state index is -0.825. The van der Waals surface area contributed by atoms with Crippen molar-refractivity contribution < 1.29 is 14.7 Å². The van der Waals surface area contributed by atoms with Crippen LogP contribution in [0, 0.1) is 13.8 Å². The van der Waals surface area contributed by atoms with Gasteiger partial charge in [-0.05, 0) is 31.9 Å². The van der Waals surface area contributed by atoms with Crippen molar-refractivity contribution >= 4 is 11.9 Å². The van der Waals surface area contributed by atoms with Crippen molar-refractivity contribution in [3.8, 4) is 0 Å². The largest absolute Gasteiger partial charge is 0.481 e. The van der Waals surface area contributed by atoms with Gasteiger partial charge in [0, 0.05) is 32.1 Å². The summed E-state index contributed by atoms with van der Waals surface area (Å²) >= 11 is 0. The number of hydrogen-bond donors (Lipinski definition) is 1. The van der Waals surface area contributed by atoms with E-state index < -0.39 is 5.97 Å². The number of aryl methyl sites for hydroxylation is 3. The smallest absolute Gasteiger partial charge is 0.303 e. The predicted molar refractivity (Wildman–Crippen MR) is 94.6 cm³/mol. The Balaban J connectivity index is 1.59. The summed E-state index contributed by atoms with van der Waals surface area (Å²) in [6.45, 7) is 5.82. The molecule has 0 bridgehead atoms. The SMILES string of the molecule is Cc1nn(C)c(C)c1CCC(=O)N1CCn2nc(CCC(=O)O)cc2C1. The number of nitrogens with zero attached hydrogens (tertiary/aromatic N) is 5. The molecular formula is C18H25N5O3. The number of carboxylic acid groups (broad SMARTS) is 1. The first-order valence-electron chi connectivity index (χ1n) is 8.89. The fourth-order valence-corrected chi connectivity index (χ4v) is 3.47. The predicted octanol–water partition coefficient (Wildman–Crippen LogP) is 1.23. The summed E-state index contributed by atoms with van der Waals surface area (Å²) in [7, 11) is 1.92. The highest BCUT2D eigenvalue weighted by atomic mass is 16.4. The number of aliphatic carboxylic acids is 1. The zero-order valence-corrected chi connectivity index (χ0v) is 15.5. The van der Waals surface area contributed by atoms with Crippen molar-refractivity contribution in [3.63, 3.8) is 0 Å². The molecule has 1 amide bonds. The van der Waals surface area contributed by atoms with Crippen molar-refractivity contribution in [2.45, 2.75) is 52.6 Å². The molecule has 1 aliphatic heterocycles. The molecule has 1 N–H and O–H groups in total. The van der Waals surface area contributed by atoms with Gasteiger partial charge >= 0.3 is 5.97 Å². The van der Waals surface area contributed by atoms with Gasteiger partial charge < -0.3 is 10.0 Å². The van der Waals surface area contributed by atoms with Gasteiger partial charge in [-0.3, -0.25) is 19.0 Å². The van der Waals surface area contributed by atoms with Crippen molar-refractivity contribution in [1.29, 1.82) is 0 Å². The highest BCUT2D eigenvalue weighted by Crippen LogP contribution is 2.18. The van der Waals surface area contributed by atoms with E-state index in [0.717, 1.165) is 28.3 Å². The first-order valence-corrected chi connectivity index (χ1v) is 8.89. The number of hydrogen-bond acceptors (Lipinski definition) is 4. The van der Waals surface area contributed by atoms with E-state index in [-0.39, 0.29) is 12.3 Å². The minimum Gasteiger partial charge on any atom is -0.481 e. The molecule has 0 saturated heterocycles. The first kappa shape index (κ1) is 18.2. The van der Waals surface area contributed by atoms with E-state index in [4.69, 9.17) is 5.11 Å². The molecule has 2 aromatic heterocycles. The number of carbonyl (C=O) groups excluding carboxylic acids is 1. The Morgan fingerprint density at radius 2 is 1.92 bits per heavy atom. The molecule has 1 aliphatic rings. The van der Waals surface area contributed by atoms with Crippen LogP contribution in [0.2, 0.25) is 0 Å². The summed E-state index contributed by atoms with van der Waals surface area (Å²) in [5.41, 5.74) is 4.99. The molecule has 0 aliphatic carbocycles. The lowest BCUT2D eigenvalue weighted by Crippen LogP contribution is -2.38. The van der Waals surface area contributed by atoms with Crippen LogP contribution in [0.4, 0.5) is 0 Å². The van der Waals surface area contributed by atoms with Crippen LogP contribution in [0.3, 0.4) is 0 Å². The number of carbonyl (C=O) groups is 2. The third kappa shape index (κ3) is 3.79. The number of aromatic nitrogens is 4. The maximum absolute atomic E-state index is 12.6. The third-order valence-corrected chi connectivity index (χ3v) is 5.04. The molecule has 0 fully saturated rings. The number of fused-ring (bicyclic) bond motifs is 1. The maximum atomic E-state index is 12.6. The van der Waals surface area contributed by atoms with Crippen molar-refractivity contribution in [2.75, 3.05) is 6.54 Å². The van der Waals surface area contributed by atoms with E-state index in [1.54, 1.807) is 0 Å². The molecule has 0 unspecified atom stereocenters. The molecule has 0 aromatic carbocycles. The van der Waals surface area contributed by atoms with Gasteiger partial charge in [-0.1, -0.05) is 0 Å². The van der Waals surface area contributed by atoms with E-state index in [0.29, 0.717) is 38.9 Å². The highest BCUT2D eigenvalue weighted by Gasteiger charge is 2.23. The van der Waals surface area contributed by atoms with Crippen LogP contribution in [-0.4, -0.2) is 48.0 Å². The summed E-state index contributed by atoms with van der Waals surface area (Å²) in [4.78, 5) is 25.2.